The van der Waals surface area contributed by atoms with Gasteiger partial charge in [-0.05, 0) is 31.4 Å². The van der Waals surface area contributed by atoms with Gasteiger partial charge < -0.3 is 10.0 Å². The number of para-hydroxylation sites is 1. The van der Waals surface area contributed by atoms with E-state index in [0.29, 0.717) is 19.5 Å². The Morgan fingerprint density at radius 1 is 1.28 bits per heavy atom. The Kier molecular flexibility index (Phi) is 3.92. The summed E-state index contributed by atoms with van der Waals surface area (Å²) in [4.78, 5) is 7.11. The van der Waals surface area contributed by atoms with Crippen molar-refractivity contribution in [2.75, 3.05) is 18.0 Å². The Balaban J connectivity index is 1.71. The first-order valence-corrected chi connectivity index (χ1v) is 8.79. The molecule has 1 aromatic carbocycles. The SMILES string of the molecule is CCc1nc2ccccc2c(N2CCC(O)(Cn3ccnn3)C2)c1C. The molecular formula is C19H23N5O. The van der Waals surface area contributed by atoms with Crippen molar-refractivity contribution >= 4 is 16.6 Å². The molecule has 1 unspecified atom stereocenters. The van der Waals surface area contributed by atoms with Gasteiger partial charge in [0.15, 0.2) is 0 Å². The summed E-state index contributed by atoms with van der Waals surface area (Å²) in [6.07, 6.45) is 5.05. The summed E-state index contributed by atoms with van der Waals surface area (Å²) < 4.78 is 1.71. The summed E-state index contributed by atoms with van der Waals surface area (Å²) in [6.45, 7) is 6.15. The lowest BCUT2D eigenvalue weighted by atomic mass is 10.0. The molecule has 0 aliphatic carbocycles. The number of benzene rings is 1. The fourth-order valence-corrected chi connectivity index (χ4v) is 3.89. The summed E-state index contributed by atoms with van der Waals surface area (Å²) in [5.41, 5.74) is 3.77. The summed E-state index contributed by atoms with van der Waals surface area (Å²) >= 11 is 0. The Morgan fingerprint density at radius 2 is 2.12 bits per heavy atom. The lowest BCUT2D eigenvalue weighted by molar-refractivity contribution is 0.0409. The highest BCUT2D eigenvalue weighted by Gasteiger charge is 2.38. The zero-order valence-corrected chi connectivity index (χ0v) is 14.7. The van der Waals surface area contributed by atoms with E-state index in [0.717, 1.165) is 29.6 Å². The van der Waals surface area contributed by atoms with Crippen molar-refractivity contribution in [3.8, 4) is 0 Å². The number of fused-ring (bicyclic) bond motifs is 1. The van der Waals surface area contributed by atoms with Gasteiger partial charge in [0, 0.05) is 30.4 Å². The van der Waals surface area contributed by atoms with Crippen molar-refractivity contribution in [2.45, 2.75) is 38.8 Å². The van der Waals surface area contributed by atoms with Gasteiger partial charge in [-0.25, -0.2) is 4.68 Å². The minimum atomic E-state index is -0.795. The van der Waals surface area contributed by atoms with Crippen LogP contribution in [-0.2, 0) is 13.0 Å². The molecule has 0 spiro atoms. The van der Waals surface area contributed by atoms with Gasteiger partial charge in [-0.1, -0.05) is 30.3 Å². The van der Waals surface area contributed by atoms with Gasteiger partial charge in [-0.2, -0.15) is 0 Å². The third-order valence-electron chi connectivity index (χ3n) is 5.11. The molecule has 3 heterocycles. The molecule has 1 atom stereocenters. The van der Waals surface area contributed by atoms with Crippen LogP contribution in [0.5, 0.6) is 0 Å². The molecule has 1 saturated heterocycles. The lowest BCUT2D eigenvalue weighted by Gasteiger charge is -2.27. The van der Waals surface area contributed by atoms with E-state index in [9.17, 15) is 5.11 Å². The molecule has 2 aromatic heterocycles. The van der Waals surface area contributed by atoms with E-state index >= 15 is 0 Å². The van der Waals surface area contributed by atoms with Crippen molar-refractivity contribution in [3.05, 3.63) is 47.9 Å². The third-order valence-corrected chi connectivity index (χ3v) is 5.11. The second kappa shape index (κ2) is 6.11. The predicted octanol–water partition coefficient (Wildman–Crippen LogP) is 2.34. The monoisotopic (exact) mass is 337 g/mol. The van der Waals surface area contributed by atoms with Gasteiger partial charge in [0.1, 0.15) is 5.60 Å². The summed E-state index contributed by atoms with van der Waals surface area (Å²) in [6, 6.07) is 8.27. The molecule has 0 saturated carbocycles. The topological polar surface area (TPSA) is 67.1 Å². The second-order valence-corrected chi connectivity index (χ2v) is 6.90. The number of hydrogen-bond donors (Lipinski definition) is 1. The molecule has 3 aromatic rings. The molecular weight excluding hydrogens is 314 g/mol. The molecule has 4 rings (SSSR count). The molecule has 130 valence electrons. The average Bonchev–Trinajstić information content (AvgIpc) is 3.24. The molecule has 1 fully saturated rings. The van der Waals surface area contributed by atoms with E-state index in [4.69, 9.17) is 4.98 Å². The Hall–Kier alpha value is -2.47. The highest BCUT2D eigenvalue weighted by Crippen LogP contribution is 2.36. The highest BCUT2D eigenvalue weighted by atomic mass is 16.3. The first-order valence-electron chi connectivity index (χ1n) is 8.79. The second-order valence-electron chi connectivity index (χ2n) is 6.90. The smallest absolute Gasteiger partial charge is 0.103 e. The van der Waals surface area contributed by atoms with Crippen LogP contribution in [0, 0.1) is 6.92 Å². The molecule has 0 bridgehead atoms. The number of anilines is 1. The van der Waals surface area contributed by atoms with Crippen LogP contribution in [0.25, 0.3) is 10.9 Å². The van der Waals surface area contributed by atoms with Crippen molar-refractivity contribution in [3.63, 3.8) is 0 Å². The number of rotatable bonds is 4. The zero-order valence-electron chi connectivity index (χ0n) is 14.7. The molecule has 1 aliphatic heterocycles. The molecule has 0 radical (unpaired) electrons. The minimum absolute atomic E-state index is 0.464. The van der Waals surface area contributed by atoms with Crippen LogP contribution < -0.4 is 4.90 Å². The van der Waals surface area contributed by atoms with E-state index in [2.05, 4.69) is 47.3 Å². The van der Waals surface area contributed by atoms with Gasteiger partial charge >= 0.3 is 0 Å². The normalized spacial score (nSPS) is 20.5. The maximum absolute atomic E-state index is 11.0. The van der Waals surface area contributed by atoms with Crippen LogP contribution >= 0.6 is 0 Å². The Labute approximate surface area is 147 Å². The van der Waals surface area contributed by atoms with Crippen molar-refractivity contribution < 1.29 is 5.11 Å². The van der Waals surface area contributed by atoms with E-state index < -0.39 is 5.60 Å². The van der Waals surface area contributed by atoms with Gasteiger partial charge in [-0.3, -0.25) is 4.98 Å². The summed E-state index contributed by atoms with van der Waals surface area (Å²) in [7, 11) is 0. The largest absolute Gasteiger partial charge is 0.386 e. The third kappa shape index (κ3) is 2.87. The highest BCUT2D eigenvalue weighted by molar-refractivity contribution is 5.94. The number of aliphatic hydroxyl groups is 1. The van der Waals surface area contributed by atoms with Gasteiger partial charge in [-0.15, -0.1) is 5.10 Å². The van der Waals surface area contributed by atoms with Gasteiger partial charge in [0.05, 0.1) is 23.9 Å². The van der Waals surface area contributed by atoms with Gasteiger partial charge in [0.2, 0.25) is 0 Å². The number of hydrogen-bond acceptors (Lipinski definition) is 5. The summed E-state index contributed by atoms with van der Waals surface area (Å²) in [5, 5.41) is 20.0. The van der Waals surface area contributed by atoms with E-state index in [-0.39, 0.29) is 0 Å². The van der Waals surface area contributed by atoms with Crippen LogP contribution in [0.3, 0.4) is 0 Å². The number of aromatic nitrogens is 4. The predicted molar refractivity (Wildman–Crippen MR) is 97.7 cm³/mol. The number of pyridine rings is 1. The van der Waals surface area contributed by atoms with Crippen molar-refractivity contribution in [1.82, 2.24) is 20.0 Å². The minimum Gasteiger partial charge on any atom is -0.386 e. The zero-order chi connectivity index (χ0) is 17.4. The maximum atomic E-state index is 11.0. The van der Waals surface area contributed by atoms with Gasteiger partial charge in [0.25, 0.3) is 0 Å². The quantitative estimate of drug-likeness (QED) is 0.791. The molecule has 6 nitrogen and oxygen atoms in total. The van der Waals surface area contributed by atoms with Crippen molar-refractivity contribution in [1.29, 1.82) is 0 Å². The maximum Gasteiger partial charge on any atom is 0.103 e. The Morgan fingerprint density at radius 3 is 2.88 bits per heavy atom. The van der Waals surface area contributed by atoms with Crippen LogP contribution in [-0.4, -0.2) is 43.8 Å². The average molecular weight is 337 g/mol. The van der Waals surface area contributed by atoms with Crippen LogP contribution in [0.4, 0.5) is 5.69 Å². The molecule has 6 heteroatoms. The number of nitrogens with zero attached hydrogens (tertiary/aromatic N) is 5. The number of aryl methyl sites for hydroxylation is 1. The molecule has 0 amide bonds. The lowest BCUT2D eigenvalue weighted by Crippen LogP contribution is -2.38. The molecule has 1 aliphatic rings. The fraction of sp³-hybridized carbons (Fsp3) is 0.421. The molecule has 25 heavy (non-hydrogen) atoms. The first-order chi connectivity index (χ1) is 12.1. The number of β-amino-alcohol motifs (C(OH)–C–C–N with tert-alkyl or cyclic N) is 1. The first kappa shape index (κ1) is 16.0. The fourth-order valence-electron chi connectivity index (χ4n) is 3.89. The van der Waals surface area contributed by atoms with E-state index in [1.807, 2.05) is 6.07 Å². The Bertz CT molecular complexity index is 892. The summed E-state index contributed by atoms with van der Waals surface area (Å²) in [5.74, 6) is 0. The van der Waals surface area contributed by atoms with E-state index in [1.54, 1.807) is 17.1 Å². The molecule has 1 N–H and O–H groups in total. The van der Waals surface area contributed by atoms with E-state index in [1.165, 1.54) is 11.3 Å². The standard InChI is InChI=1S/C19H23N5O/c1-3-16-14(2)18(15-6-4-5-7-17(15)21-16)23-10-8-19(25,12-23)13-24-11-9-20-22-24/h4-7,9,11,25H,3,8,10,12-13H2,1-2H3. The van der Waals surface area contributed by atoms with Crippen molar-refractivity contribution in [2.24, 2.45) is 0 Å². The van der Waals surface area contributed by atoms with Crippen LogP contribution in [0.2, 0.25) is 0 Å². The van der Waals surface area contributed by atoms with Crippen LogP contribution in [0.1, 0.15) is 24.6 Å². The van der Waals surface area contributed by atoms with Crippen LogP contribution in [0.15, 0.2) is 36.7 Å².